The lowest BCUT2D eigenvalue weighted by atomic mass is 9.95. The van der Waals surface area contributed by atoms with Gasteiger partial charge in [0.15, 0.2) is 5.96 Å². The summed E-state index contributed by atoms with van der Waals surface area (Å²) in [6.07, 6.45) is 5.91. The van der Waals surface area contributed by atoms with Crippen LogP contribution < -0.4 is 16.0 Å². The van der Waals surface area contributed by atoms with Gasteiger partial charge in [-0.05, 0) is 49.1 Å². The van der Waals surface area contributed by atoms with Crippen molar-refractivity contribution < 1.29 is 4.79 Å². The standard InChI is InChI=1S/C20H32N4OS/c1-4-26-18-10-6-9-17(14-18)24-20(22-3)23-12-11-15-7-5-8-16(13-15)19(25)21-2/h5,7-8,13,17-18H,4,6,9-12,14H2,1-3H3,(H,21,25)(H2,22,23,24). The number of hydrogen-bond donors (Lipinski definition) is 3. The first kappa shape index (κ1) is 20.6. The minimum Gasteiger partial charge on any atom is -0.356 e. The van der Waals surface area contributed by atoms with Gasteiger partial charge in [0.25, 0.3) is 5.91 Å². The van der Waals surface area contributed by atoms with Crippen LogP contribution in [0, 0.1) is 0 Å². The van der Waals surface area contributed by atoms with Crippen LogP contribution in [-0.2, 0) is 6.42 Å². The number of rotatable bonds is 7. The highest BCUT2D eigenvalue weighted by Gasteiger charge is 2.22. The van der Waals surface area contributed by atoms with Crippen molar-refractivity contribution in [2.24, 2.45) is 4.99 Å². The number of hydrogen-bond acceptors (Lipinski definition) is 3. The van der Waals surface area contributed by atoms with Gasteiger partial charge in [-0.1, -0.05) is 25.5 Å². The number of thioether (sulfide) groups is 1. The average Bonchev–Trinajstić information content (AvgIpc) is 2.67. The van der Waals surface area contributed by atoms with E-state index in [1.54, 1.807) is 7.05 Å². The van der Waals surface area contributed by atoms with E-state index in [0.29, 0.717) is 11.6 Å². The molecule has 0 aliphatic heterocycles. The fourth-order valence-electron chi connectivity index (χ4n) is 3.39. The molecule has 1 amide bonds. The molecule has 5 nitrogen and oxygen atoms in total. The molecule has 2 unspecified atom stereocenters. The molecular formula is C20H32N4OS. The van der Waals surface area contributed by atoms with Gasteiger partial charge in [0.2, 0.25) is 0 Å². The van der Waals surface area contributed by atoms with E-state index in [1.165, 1.54) is 31.4 Å². The zero-order valence-corrected chi connectivity index (χ0v) is 17.0. The van der Waals surface area contributed by atoms with Crippen LogP contribution in [0.3, 0.4) is 0 Å². The molecular weight excluding hydrogens is 344 g/mol. The minimum atomic E-state index is -0.0471. The maximum atomic E-state index is 11.7. The van der Waals surface area contributed by atoms with Gasteiger partial charge in [0, 0.05) is 37.5 Å². The second kappa shape index (κ2) is 11.1. The Labute approximate surface area is 161 Å². The average molecular weight is 377 g/mol. The molecule has 0 heterocycles. The van der Waals surface area contributed by atoms with Crippen molar-refractivity contribution in [1.82, 2.24) is 16.0 Å². The Balaban J connectivity index is 1.79. The van der Waals surface area contributed by atoms with Crippen molar-refractivity contribution in [3.63, 3.8) is 0 Å². The molecule has 2 atom stereocenters. The lowest BCUT2D eigenvalue weighted by Gasteiger charge is -2.30. The number of carbonyl (C=O) groups excluding carboxylic acids is 1. The summed E-state index contributed by atoms with van der Waals surface area (Å²) in [5.41, 5.74) is 1.85. The predicted molar refractivity (Wildman–Crippen MR) is 112 cm³/mol. The summed E-state index contributed by atoms with van der Waals surface area (Å²) < 4.78 is 0. The fraction of sp³-hybridized carbons (Fsp3) is 0.600. The molecule has 144 valence electrons. The highest BCUT2D eigenvalue weighted by atomic mass is 32.2. The number of aliphatic imine (C=N–C) groups is 1. The van der Waals surface area contributed by atoms with E-state index in [0.717, 1.165) is 29.7 Å². The van der Waals surface area contributed by atoms with E-state index in [-0.39, 0.29) is 5.91 Å². The van der Waals surface area contributed by atoms with E-state index in [4.69, 9.17) is 0 Å². The van der Waals surface area contributed by atoms with E-state index < -0.39 is 0 Å². The summed E-state index contributed by atoms with van der Waals surface area (Å²) in [5.74, 6) is 2.02. The van der Waals surface area contributed by atoms with Gasteiger partial charge in [0.05, 0.1) is 0 Å². The molecule has 26 heavy (non-hydrogen) atoms. The Morgan fingerprint density at radius 2 is 2.19 bits per heavy atom. The van der Waals surface area contributed by atoms with Gasteiger partial charge in [-0.15, -0.1) is 0 Å². The minimum absolute atomic E-state index is 0.0471. The number of carbonyl (C=O) groups is 1. The van der Waals surface area contributed by atoms with Gasteiger partial charge >= 0.3 is 0 Å². The normalized spacial score (nSPS) is 20.5. The molecule has 1 saturated carbocycles. The van der Waals surface area contributed by atoms with Gasteiger partial charge in [0.1, 0.15) is 0 Å². The smallest absolute Gasteiger partial charge is 0.251 e. The molecule has 1 aromatic rings. The number of nitrogens with zero attached hydrogens (tertiary/aromatic N) is 1. The number of guanidine groups is 1. The molecule has 0 saturated heterocycles. The highest BCUT2D eigenvalue weighted by molar-refractivity contribution is 7.99. The van der Waals surface area contributed by atoms with E-state index in [9.17, 15) is 4.79 Å². The zero-order chi connectivity index (χ0) is 18.8. The van der Waals surface area contributed by atoms with Crippen molar-refractivity contribution in [2.75, 3.05) is 26.4 Å². The molecule has 3 N–H and O–H groups in total. The summed E-state index contributed by atoms with van der Waals surface area (Å²) >= 11 is 2.08. The van der Waals surface area contributed by atoms with Gasteiger partial charge in [-0.25, -0.2) is 0 Å². The topological polar surface area (TPSA) is 65.5 Å². The lowest BCUT2D eigenvalue weighted by Crippen LogP contribution is -2.46. The SMILES string of the molecule is CCSC1CCCC(NC(=NC)NCCc2cccc(C(=O)NC)c2)C1. The Morgan fingerprint density at radius 3 is 2.92 bits per heavy atom. The van der Waals surface area contributed by atoms with Crippen LogP contribution in [0.1, 0.15) is 48.5 Å². The summed E-state index contributed by atoms with van der Waals surface area (Å²) in [6.45, 7) is 3.03. The van der Waals surface area contributed by atoms with Crippen molar-refractivity contribution >= 4 is 23.6 Å². The van der Waals surface area contributed by atoms with Crippen LogP contribution in [0.25, 0.3) is 0 Å². The quantitative estimate of drug-likeness (QED) is 0.506. The first-order valence-electron chi connectivity index (χ1n) is 9.56. The van der Waals surface area contributed by atoms with Crippen LogP contribution in [0.4, 0.5) is 0 Å². The highest BCUT2D eigenvalue weighted by Crippen LogP contribution is 2.28. The largest absolute Gasteiger partial charge is 0.356 e. The summed E-state index contributed by atoms with van der Waals surface area (Å²) in [4.78, 5) is 16.1. The summed E-state index contributed by atoms with van der Waals surface area (Å²) in [5, 5.41) is 10.4. The van der Waals surface area contributed by atoms with Crippen LogP contribution in [-0.4, -0.2) is 49.6 Å². The van der Waals surface area contributed by atoms with Gasteiger partial charge in [-0.2, -0.15) is 11.8 Å². The molecule has 0 bridgehead atoms. The Kier molecular flexibility index (Phi) is 8.81. The maximum Gasteiger partial charge on any atom is 0.251 e. The first-order valence-corrected chi connectivity index (χ1v) is 10.6. The number of amides is 1. The molecule has 0 spiro atoms. The summed E-state index contributed by atoms with van der Waals surface area (Å²) in [7, 11) is 3.48. The fourth-order valence-corrected chi connectivity index (χ4v) is 4.56. The van der Waals surface area contributed by atoms with Crippen molar-refractivity contribution in [1.29, 1.82) is 0 Å². The van der Waals surface area contributed by atoms with Crippen LogP contribution >= 0.6 is 11.8 Å². The second-order valence-electron chi connectivity index (χ2n) is 6.61. The lowest BCUT2D eigenvalue weighted by molar-refractivity contribution is 0.0963. The molecule has 1 aromatic carbocycles. The second-order valence-corrected chi connectivity index (χ2v) is 8.19. The van der Waals surface area contributed by atoms with Crippen LogP contribution in [0.2, 0.25) is 0 Å². The number of benzene rings is 1. The van der Waals surface area contributed by atoms with Gasteiger partial charge < -0.3 is 16.0 Å². The van der Waals surface area contributed by atoms with E-state index >= 15 is 0 Å². The van der Waals surface area contributed by atoms with Crippen LogP contribution in [0.5, 0.6) is 0 Å². The van der Waals surface area contributed by atoms with Gasteiger partial charge in [-0.3, -0.25) is 9.79 Å². The molecule has 1 fully saturated rings. The van der Waals surface area contributed by atoms with Crippen molar-refractivity contribution in [3.05, 3.63) is 35.4 Å². The predicted octanol–water partition coefficient (Wildman–Crippen LogP) is 2.82. The Morgan fingerprint density at radius 1 is 1.35 bits per heavy atom. The molecule has 0 aromatic heterocycles. The van der Waals surface area contributed by atoms with E-state index in [1.807, 2.05) is 25.2 Å². The zero-order valence-electron chi connectivity index (χ0n) is 16.2. The maximum absolute atomic E-state index is 11.7. The Bertz CT molecular complexity index is 603. The molecule has 6 heteroatoms. The Hall–Kier alpha value is -1.69. The van der Waals surface area contributed by atoms with Crippen molar-refractivity contribution in [2.45, 2.75) is 50.3 Å². The third-order valence-electron chi connectivity index (χ3n) is 4.72. The molecule has 0 radical (unpaired) electrons. The summed E-state index contributed by atoms with van der Waals surface area (Å²) in [6, 6.07) is 8.28. The van der Waals surface area contributed by atoms with E-state index in [2.05, 4.69) is 45.7 Å². The number of nitrogens with one attached hydrogen (secondary N) is 3. The third kappa shape index (κ3) is 6.56. The van der Waals surface area contributed by atoms with Crippen molar-refractivity contribution in [3.8, 4) is 0 Å². The molecule has 1 aliphatic rings. The monoisotopic (exact) mass is 376 g/mol. The molecule has 2 rings (SSSR count). The van der Waals surface area contributed by atoms with Crippen LogP contribution in [0.15, 0.2) is 29.3 Å². The molecule has 1 aliphatic carbocycles. The third-order valence-corrected chi connectivity index (χ3v) is 5.95. The first-order chi connectivity index (χ1) is 12.7.